The molecule has 0 N–H and O–H groups in total. The molecule has 0 amide bonds. The van der Waals surface area contributed by atoms with E-state index in [-0.39, 0.29) is 0 Å². The van der Waals surface area contributed by atoms with Gasteiger partial charge in [-0.15, -0.1) is 22.7 Å². The predicted octanol–water partition coefficient (Wildman–Crippen LogP) is 14.4. The molecule has 266 valence electrons. The Bertz CT molecular complexity index is 3410. The van der Waals surface area contributed by atoms with Gasteiger partial charge < -0.3 is 4.57 Å². The van der Waals surface area contributed by atoms with Gasteiger partial charge in [-0.05, 0) is 71.8 Å². The molecule has 4 aromatic heterocycles. The summed E-state index contributed by atoms with van der Waals surface area (Å²) in [5.41, 5.74) is 8.98. The third-order valence-corrected chi connectivity index (χ3v) is 13.3. The van der Waals surface area contributed by atoms with Gasteiger partial charge in [0.1, 0.15) is 0 Å². The van der Waals surface area contributed by atoms with Gasteiger partial charge in [-0.3, -0.25) is 0 Å². The second kappa shape index (κ2) is 12.8. The van der Waals surface area contributed by atoms with Crippen molar-refractivity contribution >= 4 is 84.8 Å². The van der Waals surface area contributed by atoms with Gasteiger partial charge >= 0.3 is 0 Å². The molecule has 0 atom stereocenters. The fourth-order valence-corrected chi connectivity index (χ4v) is 10.6. The van der Waals surface area contributed by atoms with Gasteiger partial charge in [-0.1, -0.05) is 121 Å². The fraction of sp³-hybridized carbons (Fsp3) is 0. The lowest BCUT2D eigenvalue weighted by atomic mass is 9.97. The Balaban J connectivity index is 0.991. The molecule has 12 rings (SSSR count). The van der Waals surface area contributed by atoms with Crippen molar-refractivity contribution in [1.82, 2.24) is 19.5 Å². The number of rotatable bonds is 5. The second-order valence-corrected chi connectivity index (χ2v) is 16.6. The molecule has 0 aliphatic heterocycles. The van der Waals surface area contributed by atoms with Crippen molar-refractivity contribution in [1.29, 1.82) is 0 Å². The van der Waals surface area contributed by atoms with Crippen LogP contribution in [0.25, 0.3) is 113 Å². The lowest BCUT2D eigenvalue weighted by Gasteiger charge is -2.09. The van der Waals surface area contributed by atoms with Crippen molar-refractivity contribution in [3.05, 3.63) is 182 Å². The molecule has 4 nitrogen and oxygen atoms in total. The lowest BCUT2D eigenvalue weighted by Crippen LogP contribution is -2.00. The van der Waals surface area contributed by atoms with E-state index in [1.54, 1.807) is 0 Å². The molecule has 0 unspecified atom stereocenters. The highest BCUT2D eigenvalue weighted by Gasteiger charge is 2.18. The Hall–Kier alpha value is -6.99. The average molecular weight is 763 g/mol. The van der Waals surface area contributed by atoms with Crippen LogP contribution in [0.4, 0.5) is 0 Å². The molecule has 0 aliphatic rings. The van der Waals surface area contributed by atoms with Crippen molar-refractivity contribution in [2.75, 3.05) is 0 Å². The molecule has 0 spiro atoms. The molecular formula is C51H30N4S2. The number of nitrogens with zero attached hydrogens (tertiary/aromatic N) is 4. The van der Waals surface area contributed by atoms with Crippen molar-refractivity contribution in [2.24, 2.45) is 0 Å². The molecule has 0 radical (unpaired) electrons. The minimum atomic E-state index is 0.662. The van der Waals surface area contributed by atoms with Crippen molar-refractivity contribution < 1.29 is 0 Å². The first-order valence-corrected chi connectivity index (χ1v) is 20.6. The Morgan fingerprint density at radius 1 is 0.333 bits per heavy atom. The Labute approximate surface area is 335 Å². The zero-order chi connectivity index (χ0) is 37.5. The second-order valence-electron chi connectivity index (χ2n) is 14.4. The predicted molar refractivity (Wildman–Crippen MR) is 242 cm³/mol. The van der Waals surface area contributed by atoms with E-state index in [0.717, 1.165) is 16.7 Å². The van der Waals surface area contributed by atoms with Gasteiger partial charge in [0.2, 0.25) is 0 Å². The lowest BCUT2D eigenvalue weighted by molar-refractivity contribution is 1.07. The van der Waals surface area contributed by atoms with Crippen molar-refractivity contribution in [3.63, 3.8) is 0 Å². The molecule has 0 saturated heterocycles. The fourth-order valence-electron chi connectivity index (χ4n) is 8.42. The van der Waals surface area contributed by atoms with Gasteiger partial charge in [-0.2, -0.15) is 0 Å². The molecule has 8 aromatic carbocycles. The summed E-state index contributed by atoms with van der Waals surface area (Å²) in [6.45, 7) is 0. The molecule has 0 fully saturated rings. The van der Waals surface area contributed by atoms with E-state index >= 15 is 0 Å². The SMILES string of the molecule is c1ccc(-c2nc(-c3ccccc3)nc(-c3ccc4sc5ccc(-c6cccc7sc8cc(-n9c%10ccccc%10c%10ccccc%109)ccc8c67)cc5c4c3)n2)cc1. The van der Waals surface area contributed by atoms with Crippen LogP contribution in [0.3, 0.4) is 0 Å². The number of hydrogen-bond donors (Lipinski definition) is 0. The van der Waals surface area contributed by atoms with E-state index in [0.29, 0.717) is 17.5 Å². The van der Waals surface area contributed by atoms with Gasteiger partial charge in [0.25, 0.3) is 0 Å². The zero-order valence-electron chi connectivity index (χ0n) is 30.4. The van der Waals surface area contributed by atoms with Crippen LogP contribution >= 0.6 is 22.7 Å². The number of hydrogen-bond acceptors (Lipinski definition) is 5. The van der Waals surface area contributed by atoms with Crippen molar-refractivity contribution in [3.8, 4) is 51.0 Å². The molecule has 6 heteroatoms. The topological polar surface area (TPSA) is 43.6 Å². The molecule has 0 aliphatic carbocycles. The molecule has 4 heterocycles. The molecule has 12 aromatic rings. The van der Waals surface area contributed by atoms with E-state index in [2.05, 4.69) is 126 Å². The largest absolute Gasteiger partial charge is 0.309 e. The zero-order valence-corrected chi connectivity index (χ0v) is 32.1. The Morgan fingerprint density at radius 3 is 1.53 bits per heavy atom. The Morgan fingerprint density at radius 2 is 0.877 bits per heavy atom. The molecule has 0 saturated carbocycles. The average Bonchev–Trinajstić information content (AvgIpc) is 3.95. The number of fused-ring (bicyclic) bond motifs is 9. The number of para-hydroxylation sites is 2. The summed E-state index contributed by atoms with van der Waals surface area (Å²) >= 11 is 3.69. The summed E-state index contributed by atoms with van der Waals surface area (Å²) in [6.07, 6.45) is 0. The van der Waals surface area contributed by atoms with Crippen LogP contribution in [-0.2, 0) is 0 Å². The van der Waals surface area contributed by atoms with Gasteiger partial charge in [0.15, 0.2) is 17.5 Å². The summed E-state index contributed by atoms with van der Waals surface area (Å²) in [7, 11) is 0. The van der Waals surface area contributed by atoms with Crippen LogP contribution in [0.2, 0.25) is 0 Å². The number of benzene rings is 8. The maximum absolute atomic E-state index is 5.03. The number of thiophene rings is 2. The quantitative estimate of drug-likeness (QED) is 0.175. The summed E-state index contributed by atoms with van der Waals surface area (Å²) in [5, 5.41) is 7.58. The van der Waals surface area contributed by atoms with Crippen LogP contribution in [0.1, 0.15) is 0 Å². The highest BCUT2D eigenvalue weighted by molar-refractivity contribution is 7.26. The van der Waals surface area contributed by atoms with E-state index in [9.17, 15) is 0 Å². The van der Waals surface area contributed by atoms with E-state index in [1.165, 1.54) is 79.0 Å². The molecule has 57 heavy (non-hydrogen) atoms. The van der Waals surface area contributed by atoms with E-state index in [4.69, 9.17) is 15.0 Å². The first-order chi connectivity index (χ1) is 28.2. The number of aromatic nitrogens is 4. The normalized spacial score (nSPS) is 11.9. The van der Waals surface area contributed by atoms with Gasteiger partial charge in [0.05, 0.1) is 11.0 Å². The summed E-state index contributed by atoms with van der Waals surface area (Å²) in [5.74, 6) is 1.99. The van der Waals surface area contributed by atoms with Gasteiger partial charge in [0, 0.05) is 73.5 Å². The first-order valence-electron chi connectivity index (χ1n) is 19.0. The minimum absolute atomic E-state index is 0.662. The highest BCUT2D eigenvalue weighted by atomic mass is 32.1. The van der Waals surface area contributed by atoms with E-state index in [1.807, 2.05) is 83.3 Å². The summed E-state index contributed by atoms with van der Waals surface area (Å²) < 4.78 is 7.47. The van der Waals surface area contributed by atoms with Crippen LogP contribution in [0.15, 0.2) is 182 Å². The third kappa shape index (κ3) is 5.22. The van der Waals surface area contributed by atoms with Crippen LogP contribution < -0.4 is 0 Å². The van der Waals surface area contributed by atoms with E-state index < -0.39 is 0 Å². The molecular weight excluding hydrogens is 733 g/mol. The van der Waals surface area contributed by atoms with Crippen LogP contribution in [0, 0.1) is 0 Å². The van der Waals surface area contributed by atoms with Gasteiger partial charge in [-0.25, -0.2) is 15.0 Å². The smallest absolute Gasteiger partial charge is 0.164 e. The van der Waals surface area contributed by atoms with Crippen LogP contribution in [-0.4, -0.2) is 19.5 Å². The monoisotopic (exact) mass is 762 g/mol. The summed E-state index contributed by atoms with van der Waals surface area (Å²) in [6, 6.07) is 65.0. The highest BCUT2D eigenvalue weighted by Crippen LogP contribution is 2.44. The first kappa shape index (κ1) is 32.3. The van der Waals surface area contributed by atoms with Crippen LogP contribution in [0.5, 0.6) is 0 Å². The molecule has 0 bridgehead atoms. The maximum Gasteiger partial charge on any atom is 0.164 e. The minimum Gasteiger partial charge on any atom is -0.309 e. The standard InChI is InChI=1S/C51H30N4S2/c1-3-12-31(13-4-1)49-52-50(32-14-5-2-6-15-32)54-51(53-49)34-23-27-45-41(29-34)40-28-33(22-26-44(40)56-45)36-18-11-21-46-48(36)39-25-24-35(30-47(39)57-46)55-42-19-9-7-16-37(42)38-17-8-10-20-43(38)55/h1-30H. The van der Waals surface area contributed by atoms with Crippen molar-refractivity contribution in [2.45, 2.75) is 0 Å². The maximum atomic E-state index is 5.03. The summed E-state index contributed by atoms with van der Waals surface area (Å²) in [4.78, 5) is 15.0. The third-order valence-electron chi connectivity index (χ3n) is 11.1. The Kier molecular flexibility index (Phi) is 7.24.